The van der Waals surface area contributed by atoms with Crippen molar-refractivity contribution in [2.45, 2.75) is 0 Å². The lowest BCUT2D eigenvalue weighted by Gasteiger charge is -1.96. The van der Waals surface area contributed by atoms with E-state index < -0.39 is 0 Å². The van der Waals surface area contributed by atoms with Crippen LogP contribution in [0.25, 0.3) is 0 Å². The molecule has 2 N–H and O–H groups in total. The number of hydrogen-bond donors (Lipinski definition) is 2. The molecule has 2 heterocycles. The zero-order valence-corrected chi connectivity index (χ0v) is 6.52. The lowest BCUT2D eigenvalue weighted by Crippen LogP contribution is -2.02. The molecule has 2 rings (SSSR count). The van der Waals surface area contributed by atoms with Crippen molar-refractivity contribution in [1.82, 2.24) is 20.2 Å². The van der Waals surface area contributed by atoms with E-state index in [0.29, 0.717) is 0 Å². The van der Waals surface area contributed by atoms with Crippen LogP contribution in [0.5, 0.6) is 11.8 Å². The van der Waals surface area contributed by atoms with E-state index in [4.69, 9.17) is 4.74 Å². The topological polar surface area (TPSA) is 83.7 Å². The van der Waals surface area contributed by atoms with E-state index in [1.807, 2.05) is 0 Å². The van der Waals surface area contributed by atoms with E-state index >= 15 is 0 Å². The second kappa shape index (κ2) is 3.10. The molecule has 0 amide bonds. The van der Waals surface area contributed by atoms with Crippen molar-refractivity contribution >= 4 is 0 Å². The van der Waals surface area contributed by atoms with Gasteiger partial charge in [0, 0.05) is 12.4 Å². The number of aromatic amines is 2. The quantitative estimate of drug-likeness (QED) is 0.692. The van der Waals surface area contributed by atoms with Gasteiger partial charge in [-0.05, 0) is 6.07 Å². The van der Waals surface area contributed by atoms with Gasteiger partial charge in [0.2, 0.25) is 5.75 Å². The molecule has 0 aromatic carbocycles. The Bertz CT molecular complexity index is 433. The smallest absolute Gasteiger partial charge is 0.322 e. The molecule has 0 atom stereocenters. The Balaban J connectivity index is 2.25. The van der Waals surface area contributed by atoms with Crippen LogP contribution in [0, 0.1) is 0 Å². The molecule has 0 spiro atoms. The minimum Gasteiger partial charge on any atom is -0.417 e. The molecule has 0 fully saturated rings. The van der Waals surface area contributed by atoms with Crippen LogP contribution in [0.2, 0.25) is 0 Å². The van der Waals surface area contributed by atoms with Crippen molar-refractivity contribution in [2.24, 2.45) is 0 Å². The van der Waals surface area contributed by atoms with Crippen molar-refractivity contribution in [1.29, 1.82) is 0 Å². The molecule has 0 radical (unpaired) electrons. The zero-order valence-electron chi connectivity index (χ0n) is 6.52. The molecule has 2 aromatic heterocycles. The number of ether oxygens (including phenoxy) is 1. The fourth-order valence-electron chi connectivity index (χ4n) is 0.807. The van der Waals surface area contributed by atoms with Crippen LogP contribution in [0.3, 0.4) is 0 Å². The summed E-state index contributed by atoms with van der Waals surface area (Å²) in [5, 5.41) is 4.83. The van der Waals surface area contributed by atoms with Gasteiger partial charge in [-0.1, -0.05) is 0 Å². The summed E-state index contributed by atoms with van der Waals surface area (Å²) in [5.74, 6) is 0.145. The summed E-state index contributed by atoms with van der Waals surface area (Å²) in [7, 11) is 0. The van der Waals surface area contributed by atoms with E-state index in [1.165, 1.54) is 18.6 Å². The van der Waals surface area contributed by atoms with Gasteiger partial charge in [-0.25, -0.2) is 9.97 Å². The highest BCUT2D eigenvalue weighted by atomic mass is 16.5. The Labute approximate surface area is 72.6 Å². The van der Waals surface area contributed by atoms with E-state index in [-0.39, 0.29) is 17.3 Å². The van der Waals surface area contributed by atoms with Crippen LogP contribution in [0.1, 0.15) is 0 Å². The summed E-state index contributed by atoms with van der Waals surface area (Å²) in [6.45, 7) is 0. The molecule has 0 aliphatic rings. The van der Waals surface area contributed by atoms with Crippen molar-refractivity contribution < 1.29 is 4.74 Å². The predicted octanol–water partition coefficient (Wildman–Crippen LogP) is 0.285. The minimum atomic E-state index is -0.340. The van der Waals surface area contributed by atoms with Gasteiger partial charge >= 0.3 is 11.6 Å². The second-order valence-corrected chi connectivity index (χ2v) is 2.24. The summed E-state index contributed by atoms with van der Waals surface area (Å²) in [5.41, 5.74) is -0.340. The zero-order chi connectivity index (χ0) is 9.10. The van der Waals surface area contributed by atoms with Gasteiger partial charge in [0.25, 0.3) is 0 Å². The van der Waals surface area contributed by atoms with Crippen molar-refractivity contribution in [2.75, 3.05) is 0 Å². The van der Waals surface area contributed by atoms with Crippen molar-refractivity contribution in [3.8, 4) is 11.8 Å². The average Bonchev–Trinajstić information content (AvgIpc) is 2.54. The largest absolute Gasteiger partial charge is 0.417 e. The first-order chi connectivity index (χ1) is 6.36. The van der Waals surface area contributed by atoms with Gasteiger partial charge in [-0.3, -0.25) is 9.89 Å². The number of nitrogens with one attached hydrogen (secondary N) is 2. The monoisotopic (exact) mass is 178 g/mol. The van der Waals surface area contributed by atoms with E-state index in [0.717, 1.165) is 0 Å². The Morgan fingerprint density at radius 1 is 1.31 bits per heavy atom. The highest BCUT2D eigenvalue weighted by Crippen LogP contribution is 2.08. The molecule has 2 aromatic rings. The van der Waals surface area contributed by atoms with Gasteiger partial charge in [0.05, 0.1) is 6.20 Å². The van der Waals surface area contributed by atoms with Crippen molar-refractivity contribution in [3.05, 3.63) is 35.0 Å². The Kier molecular flexibility index (Phi) is 1.79. The Hall–Kier alpha value is -2.11. The van der Waals surface area contributed by atoms with Gasteiger partial charge < -0.3 is 9.84 Å². The molecule has 0 saturated carbocycles. The van der Waals surface area contributed by atoms with Crippen LogP contribution in [0.15, 0.2) is 29.5 Å². The number of rotatable bonds is 2. The lowest BCUT2D eigenvalue weighted by atomic mass is 10.6. The van der Waals surface area contributed by atoms with E-state index in [2.05, 4.69) is 20.2 Å². The standard InChI is InChI=1S/C7H6N4O2/c12-6-5(4-10-11-6)13-7-8-2-1-3-9-7/h1-4H,(H2,10,11,12). The van der Waals surface area contributed by atoms with Crippen LogP contribution in [-0.4, -0.2) is 20.2 Å². The number of nitrogens with zero attached hydrogens (tertiary/aromatic N) is 2. The SMILES string of the molecule is O=c1[nH][nH]cc1Oc1ncccn1. The Morgan fingerprint density at radius 3 is 2.69 bits per heavy atom. The highest BCUT2D eigenvalue weighted by Gasteiger charge is 2.03. The van der Waals surface area contributed by atoms with E-state index in [9.17, 15) is 4.79 Å². The molecule has 66 valence electrons. The normalized spacial score (nSPS) is 9.85. The first-order valence-corrected chi connectivity index (χ1v) is 3.57. The fraction of sp³-hybridized carbons (Fsp3) is 0. The summed E-state index contributed by atoms with van der Waals surface area (Å²) in [4.78, 5) is 18.5. The molecule has 13 heavy (non-hydrogen) atoms. The summed E-state index contributed by atoms with van der Waals surface area (Å²) >= 11 is 0. The van der Waals surface area contributed by atoms with Gasteiger partial charge in [0.15, 0.2) is 0 Å². The Morgan fingerprint density at radius 2 is 2.08 bits per heavy atom. The first kappa shape index (κ1) is 7.53. The third-order valence-electron chi connectivity index (χ3n) is 1.36. The van der Waals surface area contributed by atoms with Gasteiger partial charge in [0.1, 0.15) is 0 Å². The number of H-pyrrole nitrogens is 2. The molecule has 6 heteroatoms. The molecule has 0 bridgehead atoms. The average molecular weight is 178 g/mol. The van der Waals surface area contributed by atoms with Crippen LogP contribution in [0.4, 0.5) is 0 Å². The fourth-order valence-corrected chi connectivity index (χ4v) is 0.807. The molecule has 0 unspecified atom stereocenters. The van der Waals surface area contributed by atoms with Crippen LogP contribution >= 0.6 is 0 Å². The minimum absolute atomic E-state index is 0.145. The third-order valence-corrected chi connectivity index (χ3v) is 1.36. The van der Waals surface area contributed by atoms with Crippen LogP contribution in [-0.2, 0) is 0 Å². The predicted molar refractivity (Wildman–Crippen MR) is 43.5 cm³/mol. The second-order valence-electron chi connectivity index (χ2n) is 2.24. The summed E-state index contributed by atoms with van der Waals surface area (Å²) in [6, 6.07) is 1.81. The number of aromatic nitrogens is 4. The van der Waals surface area contributed by atoms with Crippen LogP contribution < -0.4 is 10.3 Å². The maximum atomic E-state index is 11.0. The molecular formula is C7H6N4O2. The first-order valence-electron chi connectivity index (χ1n) is 3.57. The summed E-state index contributed by atoms with van der Waals surface area (Å²) in [6.07, 6.45) is 4.46. The maximum Gasteiger partial charge on any atom is 0.322 e. The highest BCUT2D eigenvalue weighted by molar-refractivity contribution is 5.15. The molecule has 0 aliphatic carbocycles. The molecule has 6 nitrogen and oxygen atoms in total. The van der Waals surface area contributed by atoms with Gasteiger partial charge in [-0.15, -0.1) is 0 Å². The molecule has 0 saturated heterocycles. The summed E-state index contributed by atoms with van der Waals surface area (Å²) < 4.78 is 5.05. The van der Waals surface area contributed by atoms with Gasteiger partial charge in [-0.2, -0.15) is 0 Å². The molecular weight excluding hydrogens is 172 g/mol. The maximum absolute atomic E-state index is 11.0. The lowest BCUT2D eigenvalue weighted by molar-refractivity contribution is 0.438. The number of hydrogen-bond acceptors (Lipinski definition) is 4. The van der Waals surface area contributed by atoms with Crippen molar-refractivity contribution in [3.63, 3.8) is 0 Å². The third kappa shape index (κ3) is 1.56. The molecule has 0 aliphatic heterocycles. The van der Waals surface area contributed by atoms with E-state index in [1.54, 1.807) is 6.07 Å².